The highest BCUT2D eigenvalue weighted by Gasteiger charge is 2.37. The molecule has 10 nitrogen and oxygen atoms in total. The van der Waals surface area contributed by atoms with Crippen molar-refractivity contribution in [2.45, 2.75) is 44.4 Å². The Morgan fingerprint density at radius 2 is 1.93 bits per heavy atom. The number of hydrogen-bond acceptors (Lipinski definition) is 7. The predicted octanol–water partition coefficient (Wildman–Crippen LogP) is 4.35. The molecule has 4 N–H and O–H groups in total. The van der Waals surface area contributed by atoms with Crippen LogP contribution in [0.3, 0.4) is 0 Å². The molecule has 232 valence electrons. The first-order valence-electron chi connectivity index (χ1n) is 13.8. The van der Waals surface area contributed by atoms with Crippen LogP contribution in [-0.2, 0) is 21.0 Å². The summed E-state index contributed by atoms with van der Waals surface area (Å²) in [5.41, 5.74) is 4.98. The number of aliphatic imine (C=N–C) groups is 1. The number of benzene rings is 2. The van der Waals surface area contributed by atoms with Crippen LogP contribution in [0.15, 0.2) is 53.5 Å². The first kappa shape index (κ1) is 31.9. The number of likely N-dealkylation sites (tertiary alicyclic amines) is 1. The lowest BCUT2D eigenvalue weighted by molar-refractivity contribution is -0.139. The first-order valence-corrected chi connectivity index (χ1v) is 15.4. The van der Waals surface area contributed by atoms with Crippen molar-refractivity contribution in [3.63, 3.8) is 0 Å². The third kappa shape index (κ3) is 8.49. The number of carbonyl (C=O) groups is 1. The van der Waals surface area contributed by atoms with Gasteiger partial charge in [-0.15, -0.1) is 0 Å². The van der Waals surface area contributed by atoms with E-state index in [4.69, 9.17) is 15.9 Å². The summed E-state index contributed by atoms with van der Waals surface area (Å²) in [5, 5.41) is 16.7. The largest absolute Gasteiger partial charge is 0.490 e. The summed E-state index contributed by atoms with van der Waals surface area (Å²) < 4.78 is 75.1. The molecule has 0 atom stereocenters. The van der Waals surface area contributed by atoms with Crippen LogP contribution in [0, 0.1) is 5.41 Å². The van der Waals surface area contributed by atoms with E-state index in [1.54, 1.807) is 24.3 Å². The number of ether oxygens (including phenoxy) is 1. The fourth-order valence-electron chi connectivity index (χ4n) is 5.06. The lowest BCUT2D eigenvalue weighted by atomic mass is 10.0. The fraction of sp³-hybridized carbons (Fsp3) is 0.414. The van der Waals surface area contributed by atoms with Crippen molar-refractivity contribution in [1.82, 2.24) is 4.90 Å². The van der Waals surface area contributed by atoms with Gasteiger partial charge in [0, 0.05) is 44.5 Å². The predicted molar refractivity (Wildman–Crippen MR) is 158 cm³/mol. The minimum Gasteiger partial charge on any atom is -0.490 e. The molecule has 0 amide bonds. The molecule has 0 spiro atoms. The number of nitrogen functional groups attached to an aromatic ring is 1. The summed E-state index contributed by atoms with van der Waals surface area (Å²) in [4.78, 5) is 18.0. The SMILES string of the molecule is N=C(N)c1cccc(C=CCN(c2ccc(OC3CCN(C4=NCCCC4)CC3)c(C(F)(F)F)c2)S(=O)(=O)CC(=O)O)c1. The highest BCUT2D eigenvalue weighted by atomic mass is 32.2. The molecular weight excluding hydrogens is 587 g/mol. The zero-order chi connectivity index (χ0) is 31.2. The van der Waals surface area contributed by atoms with Crippen molar-refractivity contribution in [3.8, 4) is 5.75 Å². The molecule has 2 aromatic carbocycles. The second-order valence-electron chi connectivity index (χ2n) is 10.4. The van der Waals surface area contributed by atoms with E-state index < -0.39 is 51.9 Å². The van der Waals surface area contributed by atoms with Crippen LogP contribution in [-0.4, -0.2) is 74.1 Å². The van der Waals surface area contributed by atoms with E-state index in [9.17, 15) is 31.5 Å². The van der Waals surface area contributed by atoms with Crippen LogP contribution in [0.2, 0.25) is 0 Å². The van der Waals surface area contributed by atoms with Gasteiger partial charge in [0.15, 0.2) is 5.75 Å². The molecule has 0 unspecified atom stereocenters. The summed E-state index contributed by atoms with van der Waals surface area (Å²) in [6.45, 7) is 1.58. The molecule has 2 aromatic rings. The molecule has 43 heavy (non-hydrogen) atoms. The Bertz CT molecular complexity index is 1500. The van der Waals surface area contributed by atoms with Crippen LogP contribution < -0.4 is 14.8 Å². The zero-order valence-electron chi connectivity index (χ0n) is 23.4. The summed E-state index contributed by atoms with van der Waals surface area (Å²) in [6.07, 6.45) is 1.58. The zero-order valence-corrected chi connectivity index (χ0v) is 24.2. The van der Waals surface area contributed by atoms with Gasteiger partial charge in [0.05, 0.1) is 23.6 Å². The molecule has 0 aliphatic carbocycles. The van der Waals surface area contributed by atoms with Gasteiger partial charge in [0.25, 0.3) is 0 Å². The third-order valence-corrected chi connectivity index (χ3v) is 8.82. The standard InChI is InChI=1S/C29H34F3N5O5S/c30-29(31,32)24-18-22(9-10-25(24)42-23-11-15-36(16-12-23)26-8-1-2-13-35-26)37(43(40,41)19-27(38)39)14-4-6-20-5-3-7-21(17-20)28(33)34/h3-7,9-10,17-18,23H,1-2,8,11-16,19H2,(H3,33,34)(H,38,39). The second kappa shape index (κ2) is 13.5. The van der Waals surface area contributed by atoms with E-state index in [2.05, 4.69) is 9.89 Å². The van der Waals surface area contributed by atoms with Crippen molar-refractivity contribution >= 4 is 39.4 Å². The number of anilines is 1. The summed E-state index contributed by atoms with van der Waals surface area (Å²) in [7, 11) is -4.57. The molecule has 14 heteroatoms. The van der Waals surface area contributed by atoms with Crippen LogP contribution in [0.25, 0.3) is 6.08 Å². The number of nitrogens with one attached hydrogen (secondary N) is 1. The quantitative estimate of drug-likeness (QED) is 0.264. The molecule has 1 saturated heterocycles. The molecule has 1 fully saturated rings. The van der Waals surface area contributed by atoms with Gasteiger partial charge < -0.3 is 20.5 Å². The Morgan fingerprint density at radius 3 is 2.56 bits per heavy atom. The van der Waals surface area contributed by atoms with Gasteiger partial charge in [-0.3, -0.25) is 19.5 Å². The van der Waals surface area contributed by atoms with Crippen molar-refractivity contribution in [2.24, 2.45) is 10.7 Å². The number of sulfonamides is 1. The maximum absolute atomic E-state index is 14.2. The number of hydrogen-bond donors (Lipinski definition) is 3. The number of piperidine rings is 1. The molecule has 0 radical (unpaired) electrons. The number of nitrogens with two attached hydrogens (primary N) is 1. The number of carboxylic acids is 1. The van der Waals surface area contributed by atoms with E-state index in [1.807, 2.05) is 0 Å². The molecule has 0 saturated carbocycles. The van der Waals surface area contributed by atoms with Gasteiger partial charge in [-0.1, -0.05) is 30.4 Å². The fourth-order valence-corrected chi connectivity index (χ4v) is 6.27. The van der Waals surface area contributed by atoms with Crippen LogP contribution >= 0.6 is 0 Å². The van der Waals surface area contributed by atoms with Crippen LogP contribution in [0.1, 0.15) is 48.8 Å². The van der Waals surface area contributed by atoms with Gasteiger partial charge in [-0.05, 0) is 42.7 Å². The van der Waals surface area contributed by atoms with Crippen molar-refractivity contribution in [3.05, 3.63) is 65.2 Å². The number of nitrogens with zero attached hydrogens (tertiary/aromatic N) is 3. The average Bonchev–Trinajstić information content (AvgIpc) is 2.95. The minimum absolute atomic E-state index is 0.174. The molecule has 0 bridgehead atoms. The average molecular weight is 622 g/mol. The number of amidine groups is 2. The highest BCUT2D eigenvalue weighted by molar-refractivity contribution is 7.93. The normalized spacial score (nSPS) is 16.6. The molecule has 2 aliphatic heterocycles. The molecule has 4 rings (SSSR count). The van der Waals surface area contributed by atoms with E-state index in [1.165, 1.54) is 18.2 Å². The smallest absolute Gasteiger partial charge is 0.420 e. The molecule has 2 aliphatic rings. The maximum Gasteiger partial charge on any atom is 0.420 e. The van der Waals surface area contributed by atoms with Gasteiger partial charge in [-0.25, -0.2) is 8.42 Å². The van der Waals surface area contributed by atoms with E-state index in [-0.39, 0.29) is 11.5 Å². The summed E-state index contributed by atoms with van der Waals surface area (Å²) in [6, 6.07) is 9.43. The van der Waals surface area contributed by atoms with Gasteiger partial charge in [0.2, 0.25) is 10.0 Å². The number of aliphatic carboxylic acids is 1. The Labute approximate surface area is 248 Å². The molecule has 2 heterocycles. The van der Waals surface area contributed by atoms with Gasteiger partial charge >= 0.3 is 12.1 Å². The van der Waals surface area contributed by atoms with Crippen molar-refractivity contribution in [1.29, 1.82) is 5.41 Å². The van der Waals surface area contributed by atoms with E-state index >= 15 is 0 Å². The third-order valence-electron chi connectivity index (χ3n) is 7.18. The number of halogens is 3. The number of rotatable bonds is 10. The summed E-state index contributed by atoms with van der Waals surface area (Å²) in [5.74, 6) is -2.52. The Hall–Kier alpha value is -4.07. The van der Waals surface area contributed by atoms with Crippen molar-refractivity contribution < 1.29 is 36.2 Å². The second-order valence-corrected chi connectivity index (χ2v) is 12.3. The van der Waals surface area contributed by atoms with E-state index in [0.717, 1.165) is 37.7 Å². The topological polar surface area (TPSA) is 149 Å². The van der Waals surface area contributed by atoms with E-state index in [0.29, 0.717) is 47.4 Å². The monoisotopic (exact) mass is 621 g/mol. The van der Waals surface area contributed by atoms with Gasteiger partial charge in [0.1, 0.15) is 17.7 Å². The number of alkyl halides is 3. The Balaban J connectivity index is 1.57. The highest BCUT2D eigenvalue weighted by Crippen LogP contribution is 2.40. The number of carboxylic acid groups (broad SMARTS) is 1. The Morgan fingerprint density at radius 1 is 1.19 bits per heavy atom. The molecule has 0 aromatic heterocycles. The van der Waals surface area contributed by atoms with Gasteiger partial charge in [-0.2, -0.15) is 13.2 Å². The lowest BCUT2D eigenvalue weighted by Crippen LogP contribution is -2.42. The van der Waals surface area contributed by atoms with Crippen LogP contribution in [0.4, 0.5) is 18.9 Å². The summed E-state index contributed by atoms with van der Waals surface area (Å²) >= 11 is 0. The molecular formula is C29H34F3N5O5S. The first-order chi connectivity index (χ1) is 20.3. The maximum atomic E-state index is 14.2. The van der Waals surface area contributed by atoms with Crippen molar-refractivity contribution in [2.75, 3.05) is 36.2 Å². The lowest BCUT2D eigenvalue weighted by Gasteiger charge is -2.35. The minimum atomic E-state index is -4.87. The van der Waals surface area contributed by atoms with Crippen LogP contribution in [0.5, 0.6) is 5.75 Å². The Kier molecular flexibility index (Phi) is 9.99.